The SMILES string of the molecule is CN(CC(O)COc1ccccc1C#N)c1ccccc1. The van der Waals surface area contributed by atoms with Crippen molar-refractivity contribution in [3.63, 3.8) is 0 Å². The fraction of sp³-hybridized carbons (Fsp3) is 0.235. The van der Waals surface area contributed by atoms with E-state index in [-0.39, 0.29) is 6.61 Å². The number of hydrogen-bond donors (Lipinski definition) is 1. The van der Waals surface area contributed by atoms with Gasteiger partial charge in [0.25, 0.3) is 0 Å². The highest BCUT2D eigenvalue weighted by molar-refractivity contribution is 5.45. The van der Waals surface area contributed by atoms with Gasteiger partial charge >= 0.3 is 0 Å². The normalized spacial score (nSPS) is 11.5. The summed E-state index contributed by atoms with van der Waals surface area (Å²) in [5, 5.41) is 19.0. The molecule has 0 aliphatic carbocycles. The second-order valence-corrected chi connectivity index (χ2v) is 4.79. The molecule has 0 aliphatic rings. The number of likely N-dealkylation sites (N-methyl/N-ethyl adjacent to an activating group) is 1. The predicted octanol–water partition coefficient (Wildman–Crippen LogP) is 2.43. The topological polar surface area (TPSA) is 56.5 Å². The number of rotatable bonds is 6. The van der Waals surface area contributed by atoms with Gasteiger partial charge < -0.3 is 14.7 Å². The van der Waals surface area contributed by atoms with Crippen molar-refractivity contribution in [2.24, 2.45) is 0 Å². The molecule has 4 heteroatoms. The number of nitrogens with zero attached hydrogens (tertiary/aromatic N) is 2. The number of hydrogen-bond acceptors (Lipinski definition) is 4. The molecule has 4 nitrogen and oxygen atoms in total. The summed E-state index contributed by atoms with van der Waals surface area (Å²) < 4.78 is 5.53. The summed E-state index contributed by atoms with van der Waals surface area (Å²) in [4.78, 5) is 1.96. The lowest BCUT2D eigenvalue weighted by atomic mass is 10.2. The molecule has 2 aromatic carbocycles. The zero-order chi connectivity index (χ0) is 15.1. The first-order valence-electron chi connectivity index (χ1n) is 6.77. The Morgan fingerprint density at radius 3 is 2.52 bits per heavy atom. The molecule has 108 valence electrons. The average Bonchev–Trinajstić information content (AvgIpc) is 2.54. The van der Waals surface area contributed by atoms with Gasteiger partial charge in [-0.25, -0.2) is 0 Å². The third-order valence-corrected chi connectivity index (χ3v) is 3.12. The van der Waals surface area contributed by atoms with Crippen LogP contribution in [0.1, 0.15) is 5.56 Å². The van der Waals surface area contributed by atoms with Crippen molar-refractivity contribution in [1.29, 1.82) is 5.26 Å². The van der Waals surface area contributed by atoms with E-state index >= 15 is 0 Å². The van der Waals surface area contributed by atoms with Gasteiger partial charge in [-0.2, -0.15) is 5.26 Å². The summed E-state index contributed by atoms with van der Waals surface area (Å²) in [6, 6.07) is 18.9. The second-order valence-electron chi connectivity index (χ2n) is 4.79. The highest BCUT2D eigenvalue weighted by Crippen LogP contribution is 2.17. The quantitative estimate of drug-likeness (QED) is 0.884. The molecule has 1 unspecified atom stereocenters. The van der Waals surface area contributed by atoms with E-state index in [2.05, 4.69) is 6.07 Å². The van der Waals surface area contributed by atoms with Crippen LogP contribution in [-0.2, 0) is 0 Å². The first-order valence-corrected chi connectivity index (χ1v) is 6.77. The maximum absolute atomic E-state index is 10.1. The Kier molecular flexibility index (Phi) is 5.19. The number of para-hydroxylation sites is 2. The minimum Gasteiger partial charge on any atom is -0.489 e. The van der Waals surface area contributed by atoms with Crippen molar-refractivity contribution in [2.75, 3.05) is 25.1 Å². The maximum atomic E-state index is 10.1. The van der Waals surface area contributed by atoms with Gasteiger partial charge in [-0.3, -0.25) is 0 Å². The van der Waals surface area contributed by atoms with Gasteiger partial charge in [0.05, 0.1) is 5.56 Å². The second kappa shape index (κ2) is 7.32. The Labute approximate surface area is 124 Å². The molecule has 0 fully saturated rings. The Balaban J connectivity index is 1.88. The van der Waals surface area contributed by atoms with Gasteiger partial charge in [0, 0.05) is 19.3 Å². The molecule has 2 rings (SSSR count). The van der Waals surface area contributed by atoms with Crippen LogP contribution >= 0.6 is 0 Å². The first-order chi connectivity index (χ1) is 10.2. The largest absolute Gasteiger partial charge is 0.489 e. The van der Waals surface area contributed by atoms with Crippen molar-refractivity contribution < 1.29 is 9.84 Å². The molecule has 0 bridgehead atoms. The molecule has 0 spiro atoms. The van der Waals surface area contributed by atoms with Crippen LogP contribution in [0.5, 0.6) is 5.75 Å². The van der Waals surface area contributed by atoms with Crippen LogP contribution in [0.4, 0.5) is 5.69 Å². The van der Waals surface area contributed by atoms with E-state index in [4.69, 9.17) is 10.00 Å². The molecule has 0 aliphatic heterocycles. The van der Waals surface area contributed by atoms with Crippen molar-refractivity contribution in [3.05, 3.63) is 60.2 Å². The molecule has 0 radical (unpaired) electrons. The van der Waals surface area contributed by atoms with Crippen LogP contribution in [0.15, 0.2) is 54.6 Å². The molecule has 1 N–H and O–H groups in total. The van der Waals surface area contributed by atoms with Gasteiger partial charge in [-0.05, 0) is 24.3 Å². The summed E-state index contributed by atoms with van der Waals surface area (Å²) in [6.45, 7) is 0.606. The van der Waals surface area contributed by atoms with E-state index in [9.17, 15) is 5.11 Å². The highest BCUT2D eigenvalue weighted by Gasteiger charge is 2.11. The van der Waals surface area contributed by atoms with Crippen LogP contribution in [0.2, 0.25) is 0 Å². The Morgan fingerprint density at radius 2 is 1.81 bits per heavy atom. The Hall–Kier alpha value is -2.51. The van der Waals surface area contributed by atoms with Crippen molar-refractivity contribution in [2.45, 2.75) is 6.10 Å². The summed E-state index contributed by atoms with van der Waals surface area (Å²) >= 11 is 0. The number of nitriles is 1. The lowest BCUT2D eigenvalue weighted by molar-refractivity contribution is 0.113. The molecule has 2 aromatic rings. The molecular weight excluding hydrogens is 264 g/mol. The molecule has 21 heavy (non-hydrogen) atoms. The molecule has 0 aromatic heterocycles. The number of aliphatic hydroxyl groups excluding tert-OH is 1. The van der Waals surface area contributed by atoms with Crippen LogP contribution in [0.25, 0.3) is 0 Å². The highest BCUT2D eigenvalue weighted by atomic mass is 16.5. The minimum absolute atomic E-state index is 0.149. The van der Waals surface area contributed by atoms with E-state index in [0.717, 1.165) is 5.69 Å². The van der Waals surface area contributed by atoms with Crippen LogP contribution in [-0.4, -0.2) is 31.4 Å². The summed E-state index contributed by atoms with van der Waals surface area (Å²) in [5.74, 6) is 0.501. The smallest absolute Gasteiger partial charge is 0.137 e. The summed E-state index contributed by atoms with van der Waals surface area (Å²) in [6.07, 6.45) is -0.637. The standard InChI is InChI=1S/C17H18N2O2/c1-19(15-8-3-2-4-9-15)12-16(20)13-21-17-10-6-5-7-14(17)11-18/h2-10,16,20H,12-13H2,1H3. The van der Waals surface area contributed by atoms with Crippen LogP contribution in [0, 0.1) is 11.3 Å². The van der Waals surface area contributed by atoms with Gasteiger partial charge in [-0.1, -0.05) is 30.3 Å². The zero-order valence-corrected chi connectivity index (χ0v) is 11.9. The fourth-order valence-corrected chi connectivity index (χ4v) is 2.03. The maximum Gasteiger partial charge on any atom is 0.137 e. The Morgan fingerprint density at radius 1 is 1.14 bits per heavy atom. The van der Waals surface area contributed by atoms with Gasteiger partial charge in [0.2, 0.25) is 0 Å². The minimum atomic E-state index is -0.637. The van der Waals surface area contributed by atoms with Crippen LogP contribution in [0.3, 0.4) is 0 Å². The van der Waals surface area contributed by atoms with E-state index in [1.165, 1.54) is 0 Å². The predicted molar refractivity (Wildman–Crippen MR) is 82.4 cm³/mol. The number of ether oxygens (including phenoxy) is 1. The molecule has 0 saturated heterocycles. The third kappa shape index (κ3) is 4.23. The van der Waals surface area contributed by atoms with Gasteiger partial charge in [-0.15, -0.1) is 0 Å². The van der Waals surface area contributed by atoms with E-state index in [0.29, 0.717) is 17.9 Å². The molecule has 0 saturated carbocycles. The Bertz CT molecular complexity index is 608. The molecular formula is C17H18N2O2. The monoisotopic (exact) mass is 282 g/mol. The molecule has 0 heterocycles. The number of aliphatic hydroxyl groups is 1. The van der Waals surface area contributed by atoms with Crippen molar-refractivity contribution in [3.8, 4) is 11.8 Å². The van der Waals surface area contributed by atoms with Gasteiger partial charge in [0.15, 0.2) is 0 Å². The van der Waals surface area contributed by atoms with Crippen molar-refractivity contribution >= 4 is 5.69 Å². The molecule has 0 amide bonds. The average molecular weight is 282 g/mol. The van der Waals surface area contributed by atoms with Crippen molar-refractivity contribution in [1.82, 2.24) is 0 Å². The zero-order valence-electron chi connectivity index (χ0n) is 11.9. The fourth-order valence-electron chi connectivity index (χ4n) is 2.03. The van der Waals surface area contributed by atoms with E-state index < -0.39 is 6.10 Å². The van der Waals surface area contributed by atoms with E-state index in [1.54, 1.807) is 24.3 Å². The lowest BCUT2D eigenvalue weighted by Crippen LogP contribution is -2.33. The number of benzene rings is 2. The number of anilines is 1. The summed E-state index contributed by atoms with van der Waals surface area (Å²) in [7, 11) is 1.92. The molecule has 1 atom stereocenters. The lowest BCUT2D eigenvalue weighted by Gasteiger charge is -2.22. The van der Waals surface area contributed by atoms with E-state index in [1.807, 2.05) is 42.3 Å². The third-order valence-electron chi connectivity index (χ3n) is 3.12. The van der Waals surface area contributed by atoms with Crippen LogP contribution < -0.4 is 9.64 Å². The first kappa shape index (κ1) is 14.9. The summed E-state index contributed by atoms with van der Waals surface area (Å²) in [5.41, 5.74) is 1.51. The van der Waals surface area contributed by atoms with Gasteiger partial charge in [0.1, 0.15) is 24.5 Å².